The first-order chi connectivity index (χ1) is 11.6. The van der Waals surface area contributed by atoms with Gasteiger partial charge in [-0.05, 0) is 52.4 Å². The van der Waals surface area contributed by atoms with Crippen LogP contribution < -0.4 is 19.6 Å². The number of hydrogen-bond donors (Lipinski definition) is 1. The maximum absolute atomic E-state index is 11.7. The number of ether oxygens (including phenoxy) is 3. The minimum Gasteiger partial charge on any atom is -0.493 e. The van der Waals surface area contributed by atoms with E-state index < -0.39 is 0 Å². The molecule has 0 radical (unpaired) electrons. The van der Waals surface area contributed by atoms with Crippen LogP contribution in [0.15, 0.2) is 47.6 Å². The molecular weight excluding hydrogens is 423 g/mol. The van der Waals surface area contributed by atoms with Gasteiger partial charge in [0.15, 0.2) is 18.1 Å². The van der Waals surface area contributed by atoms with Gasteiger partial charge in [0.2, 0.25) is 0 Å². The van der Waals surface area contributed by atoms with Crippen LogP contribution >= 0.6 is 22.6 Å². The zero-order chi connectivity index (χ0) is 17.4. The summed E-state index contributed by atoms with van der Waals surface area (Å²) in [6, 6.07) is 12.8. The van der Waals surface area contributed by atoms with E-state index in [1.165, 1.54) is 6.21 Å². The quantitative estimate of drug-likeness (QED) is 0.409. The number of para-hydroxylation sites is 1. The SMILES string of the molecule is COc1cc(/C=N\NC(=O)COc2ccccc2)cc(I)c1OC. The number of benzene rings is 2. The number of halogens is 1. The molecule has 24 heavy (non-hydrogen) atoms. The predicted molar refractivity (Wildman–Crippen MR) is 99.9 cm³/mol. The van der Waals surface area contributed by atoms with Crippen molar-refractivity contribution in [1.29, 1.82) is 0 Å². The first kappa shape index (κ1) is 18.1. The highest BCUT2D eigenvalue weighted by Gasteiger charge is 2.09. The Bertz CT molecular complexity index is 720. The third-order valence-electron chi connectivity index (χ3n) is 2.97. The number of hydrazone groups is 1. The van der Waals surface area contributed by atoms with Gasteiger partial charge < -0.3 is 14.2 Å². The molecule has 0 saturated carbocycles. The molecule has 0 atom stereocenters. The van der Waals surface area contributed by atoms with Gasteiger partial charge in [-0.3, -0.25) is 4.79 Å². The summed E-state index contributed by atoms with van der Waals surface area (Å²) in [5.74, 6) is 1.55. The Kier molecular flexibility index (Phi) is 6.86. The average Bonchev–Trinajstić information content (AvgIpc) is 2.60. The van der Waals surface area contributed by atoms with Crippen LogP contribution in [0.1, 0.15) is 5.56 Å². The first-order valence-corrected chi connectivity index (χ1v) is 8.13. The second kappa shape index (κ2) is 9.11. The van der Waals surface area contributed by atoms with E-state index in [0.29, 0.717) is 17.2 Å². The van der Waals surface area contributed by atoms with Crippen LogP contribution in [0, 0.1) is 3.57 Å². The fraction of sp³-hybridized carbons (Fsp3) is 0.176. The van der Waals surface area contributed by atoms with Crippen LogP contribution in [0.4, 0.5) is 0 Å². The van der Waals surface area contributed by atoms with Gasteiger partial charge in [-0.1, -0.05) is 18.2 Å². The van der Waals surface area contributed by atoms with Crippen LogP contribution in [0.5, 0.6) is 17.2 Å². The molecule has 0 fully saturated rings. The average molecular weight is 440 g/mol. The van der Waals surface area contributed by atoms with Crippen molar-refractivity contribution in [3.63, 3.8) is 0 Å². The number of rotatable bonds is 7. The van der Waals surface area contributed by atoms with Gasteiger partial charge in [0.25, 0.3) is 5.91 Å². The molecule has 0 aliphatic carbocycles. The van der Waals surface area contributed by atoms with E-state index in [-0.39, 0.29) is 12.5 Å². The number of hydrogen-bond acceptors (Lipinski definition) is 5. The van der Waals surface area contributed by atoms with E-state index in [1.807, 2.05) is 24.3 Å². The van der Waals surface area contributed by atoms with E-state index in [4.69, 9.17) is 14.2 Å². The van der Waals surface area contributed by atoms with Crippen molar-refractivity contribution in [2.45, 2.75) is 0 Å². The summed E-state index contributed by atoms with van der Waals surface area (Å²) in [4.78, 5) is 11.7. The monoisotopic (exact) mass is 440 g/mol. The maximum Gasteiger partial charge on any atom is 0.277 e. The number of nitrogens with zero attached hydrogens (tertiary/aromatic N) is 1. The zero-order valence-electron chi connectivity index (χ0n) is 13.3. The Morgan fingerprint density at radius 1 is 1.21 bits per heavy atom. The Morgan fingerprint density at radius 3 is 2.62 bits per heavy atom. The van der Waals surface area contributed by atoms with Crippen molar-refractivity contribution in [3.8, 4) is 17.2 Å². The lowest BCUT2D eigenvalue weighted by molar-refractivity contribution is -0.123. The van der Waals surface area contributed by atoms with Gasteiger partial charge in [0, 0.05) is 0 Å². The smallest absolute Gasteiger partial charge is 0.277 e. The molecule has 0 spiro atoms. The first-order valence-electron chi connectivity index (χ1n) is 7.05. The molecule has 2 rings (SSSR count). The van der Waals surface area contributed by atoms with Crippen molar-refractivity contribution in [3.05, 3.63) is 51.6 Å². The van der Waals surface area contributed by atoms with Crippen molar-refractivity contribution in [2.75, 3.05) is 20.8 Å². The highest BCUT2D eigenvalue weighted by Crippen LogP contribution is 2.32. The summed E-state index contributed by atoms with van der Waals surface area (Å²) in [5.41, 5.74) is 3.20. The maximum atomic E-state index is 11.7. The molecule has 0 heterocycles. The second-order valence-electron chi connectivity index (χ2n) is 4.63. The zero-order valence-corrected chi connectivity index (χ0v) is 15.4. The predicted octanol–water partition coefficient (Wildman–Crippen LogP) is 2.84. The number of carbonyl (C=O) groups is 1. The summed E-state index contributed by atoms with van der Waals surface area (Å²) in [6.07, 6.45) is 1.53. The van der Waals surface area contributed by atoms with Crippen LogP contribution in [0.25, 0.3) is 0 Å². The minimum atomic E-state index is -0.342. The van der Waals surface area contributed by atoms with Gasteiger partial charge in [-0.15, -0.1) is 0 Å². The topological polar surface area (TPSA) is 69.2 Å². The number of carbonyl (C=O) groups excluding carboxylic acids is 1. The van der Waals surface area contributed by atoms with E-state index in [2.05, 4.69) is 33.1 Å². The molecule has 0 bridgehead atoms. The van der Waals surface area contributed by atoms with Gasteiger partial charge in [0.05, 0.1) is 24.0 Å². The molecule has 2 aromatic carbocycles. The Morgan fingerprint density at radius 2 is 1.96 bits per heavy atom. The second-order valence-corrected chi connectivity index (χ2v) is 5.80. The highest BCUT2D eigenvalue weighted by atomic mass is 127. The molecule has 2 aromatic rings. The third kappa shape index (κ3) is 5.12. The molecule has 0 unspecified atom stereocenters. The lowest BCUT2D eigenvalue weighted by Gasteiger charge is -2.10. The van der Waals surface area contributed by atoms with E-state index in [1.54, 1.807) is 32.4 Å². The Balaban J connectivity index is 1.91. The summed E-state index contributed by atoms with van der Waals surface area (Å²) in [6.45, 7) is -0.106. The molecular formula is C17H17IN2O4. The molecule has 6 nitrogen and oxygen atoms in total. The largest absolute Gasteiger partial charge is 0.493 e. The highest BCUT2D eigenvalue weighted by molar-refractivity contribution is 14.1. The third-order valence-corrected chi connectivity index (χ3v) is 3.77. The van der Waals surface area contributed by atoms with Crippen LogP contribution in [-0.2, 0) is 4.79 Å². The molecule has 7 heteroatoms. The van der Waals surface area contributed by atoms with Crippen LogP contribution in [0.2, 0.25) is 0 Å². The van der Waals surface area contributed by atoms with Crippen molar-refractivity contribution in [2.24, 2.45) is 5.10 Å². The molecule has 0 aliphatic heterocycles. The van der Waals surface area contributed by atoms with Gasteiger partial charge in [-0.25, -0.2) is 5.43 Å². The van der Waals surface area contributed by atoms with Crippen LogP contribution in [-0.4, -0.2) is 32.9 Å². The molecule has 126 valence electrons. The summed E-state index contributed by atoms with van der Waals surface area (Å²) in [5, 5.41) is 3.92. The Labute approximate surface area is 153 Å². The van der Waals surface area contributed by atoms with Crippen molar-refractivity contribution >= 4 is 34.7 Å². The lowest BCUT2D eigenvalue weighted by Crippen LogP contribution is -2.24. The molecule has 0 aliphatic rings. The summed E-state index contributed by atoms with van der Waals surface area (Å²) < 4.78 is 16.8. The molecule has 1 amide bonds. The van der Waals surface area contributed by atoms with Gasteiger partial charge >= 0.3 is 0 Å². The molecule has 0 aromatic heterocycles. The van der Waals surface area contributed by atoms with Crippen molar-refractivity contribution in [1.82, 2.24) is 5.43 Å². The standard InChI is InChI=1S/C17H17IN2O4/c1-22-15-9-12(8-14(18)17(15)23-2)10-19-20-16(21)11-24-13-6-4-3-5-7-13/h3-10H,11H2,1-2H3,(H,20,21)/b19-10-. The number of methoxy groups -OCH3 is 2. The minimum absolute atomic E-state index is 0.106. The van der Waals surface area contributed by atoms with Crippen molar-refractivity contribution < 1.29 is 19.0 Å². The fourth-order valence-corrected chi connectivity index (χ4v) is 2.73. The molecule has 1 N–H and O–H groups in total. The Hall–Kier alpha value is -2.29. The van der Waals surface area contributed by atoms with Gasteiger partial charge in [-0.2, -0.15) is 5.10 Å². The lowest BCUT2D eigenvalue weighted by atomic mass is 10.2. The fourth-order valence-electron chi connectivity index (χ4n) is 1.89. The van der Waals surface area contributed by atoms with Crippen LogP contribution in [0.3, 0.4) is 0 Å². The summed E-state index contributed by atoms with van der Waals surface area (Å²) >= 11 is 2.15. The number of amides is 1. The summed E-state index contributed by atoms with van der Waals surface area (Å²) in [7, 11) is 3.15. The normalized spacial score (nSPS) is 10.5. The number of nitrogens with one attached hydrogen (secondary N) is 1. The van der Waals surface area contributed by atoms with Gasteiger partial charge in [0.1, 0.15) is 5.75 Å². The molecule has 0 saturated heterocycles. The van der Waals surface area contributed by atoms with E-state index >= 15 is 0 Å². The van der Waals surface area contributed by atoms with E-state index in [9.17, 15) is 4.79 Å². The van der Waals surface area contributed by atoms with E-state index in [0.717, 1.165) is 9.13 Å².